The number of hydrogen-bond donors (Lipinski definition) is 0. The Morgan fingerprint density at radius 2 is 2.07 bits per heavy atom. The van der Waals surface area contributed by atoms with Crippen molar-refractivity contribution in [3.63, 3.8) is 0 Å². The van der Waals surface area contributed by atoms with Gasteiger partial charge in [0.15, 0.2) is 0 Å². The van der Waals surface area contributed by atoms with Crippen LogP contribution in [-0.2, 0) is 9.53 Å². The number of carbonyl (C=O) groups excluding carboxylic acids is 1. The van der Waals surface area contributed by atoms with Gasteiger partial charge in [-0.1, -0.05) is 12.7 Å². The Bertz CT molecular complexity index is 194. The van der Waals surface area contributed by atoms with Crippen LogP contribution in [0.5, 0.6) is 0 Å². The summed E-state index contributed by atoms with van der Waals surface area (Å²) in [5, 5.41) is 0. The molecule has 0 aromatic heterocycles. The van der Waals surface area contributed by atoms with Crippen molar-refractivity contribution >= 4 is 5.97 Å². The van der Waals surface area contributed by atoms with E-state index in [0.717, 1.165) is 10.9 Å². The van der Waals surface area contributed by atoms with Crippen LogP contribution in [0.1, 0.15) is 12.8 Å². The molecule has 0 N–H and O–H groups in total. The Morgan fingerprint density at radius 1 is 1.50 bits per heavy atom. The maximum Gasteiger partial charge on any atom is 0.306 e. The fraction of sp³-hybridized carbons (Fsp3) is 0.636. The van der Waals surface area contributed by atoms with Gasteiger partial charge in [0.1, 0.15) is 6.61 Å². The molecule has 1 radical (unpaired) electrons. The Labute approximate surface area is 86.9 Å². The first-order valence-corrected chi connectivity index (χ1v) is 4.78. The summed E-state index contributed by atoms with van der Waals surface area (Å²) in [5.74, 6) is -0.174. The van der Waals surface area contributed by atoms with Crippen LogP contribution in [0.2, 0.25) is 0 Å². The molecule has 0 aliphatic carbocycles. The molecule has 0 bridgehead atoms. The summed E-state index contributed by atoms with van der Waals surface area (Å²) in [4.78, 5) is 11.1. The van der Waals surface area contributed by atoms with Crippen molar-refractivity contribution in [2.45, 2.75) is 18.9 Å². The van der Waals surface area contributed by atoms with E-state index < -0.39 is 0 Å². The largest absolute Gasteiger partial charge is 0.461 e. The molecule has 0 aliphatic heterocycles. The minimum Gasteiger partial charge on any atom is -0.461 e. The molecule has 0 spiro atoms. The molecule has 0 aromatic rings. The highest BCUT2D eigenvalue weighted by Gasteiger charge is 2.19. The van der Waals surface area contributed by atoms with Crippen LogP contribution in [-0.4, -0.2) is 44.2 Å². The lowest BCUT2D eigenvalue weighted by Gasteiger charge is -2.31. The lowest BCUT2D eigenvalue weighted by Crippen LogP contribution is -2.43. The zero-order valence-electron chi connectivity index (χ0n) is 9.45. The zero-order chi connectivity index (χ0) is 11.2. The Hall–Kier alpha value is -0.830. The maximum absolute atomic E-state index is 11.1. The molecular formula is C11H21NO2+. The van der Waals surface area contributed by atoms with Crippen LogP contribution < -0.4 is 0 Å². The van der Waals surface area contributed by atoms with Gasteiger partial charge in [0.05, 0.1) is 33.6 Å². The van der Waals surface area contributed by atoms with E-state index in [2.05, 4.69) is 34.6 Å². The molecule has 0 saturated heterocycles. The van der Waals surface area contributed by atoms with Crippen molar-refractivity contribution in [3.8, 4) is 0 Å². The van der Waals surface area contributed by atoms with Crippen molar-refractivity contribution in [2.75, 3.05) is 27.7 Å². The minimum absolute atomic E-state index is 0.174. The first kappa shape index (κ1) is 13.2. The highest BCUT2D eigenvalue weighted by Crippen LogP contribution is 2.08. The van der Waals surface area contributed by atoms with E-state index in [-0.39, 0.29) is 12.0 Å². The summed E-state index contributed by atoms with van der Waals surface area (Å²) in [6.45, 7) is 7.78. The van der Waals surface area contributed by atoms with E-state index in [1.807, 2.05) is 0 Å². The Morgan fingerprint density at radius 3 is 2.50 bits per heavy atom. The molecule has 1 unspecified atom stereocenters. The van der Waals surface area contributed by atoms with E-state index >= 15 is 0 Å². The Kier molecular flexibility index (Phi) is 5.46. The quantitative estimate of drug-likeness (QED) is 0.367. The molecule has 0 aromatic carbocycles. The lowest BCUT2D eigenvalue weighted by atomic mass is 10.1. The van der Waals surface area contributed by atoms with Crippen LogP contribution in [0.15, 0.2) is 12.7 Å². The van der Waals surface area contributed by atoms with E-state index in [1.165, 1.54) is 0 Å². The molecule has 0 saturated carbocycles. The second kappa shape index (κ2) is 5.81. The third kappa shape index (κ3) is 5.75. The molecule has 1 atom stereocenters. The molecule has 14 heavy (non-hydrogen) atoms. The van der Waals surface area contributed by atoms with Crippen molar-refractivity contribution in [2.24, 2.45) is 0 Å². The maximum atomic E-state index is 11.1. The zero-order valence-corrected chi connectivity index (χ0v) is 9.45. The summed E-state index contributed by atoms with van der Waals surface area (Å²) in [6.07, 6.45) is 2.75. The van der Waals surface area contributed by atoms with E-state index in [9.17, 15) is 4.79 Å². The number of carbonyl (C=O) groups is 1. The van der Waals surface area contributed by atoms with E-state index in [0.29, 0.717) is 13.0 Å². The van der Waals surface area contributed by atoms with Crippen LogP contribution >= 0.6 is 0 Å². The third-order valence-corrected chi connectivity index (χ3v) is 2.14. The van der Waals surface area contributed by atoms with Gasteiger partial charge < -0.3 is 9.22 Å². The fourth-order valence-electron chi connectivity index (χ4n) is 0.896. The van der Waals surface area contributed by atoms with Gasteiger partial charge >= 0.3 is 5.97 Å². The summed E-state index contributed by atoms with van der Waals surface area (Å²) in [7, 11) is 6.19. The standard InChI is InChI=1S/C11H21NO2/c1-6-9-14-11(13)8-7-10(2)12(3,4)5/h6,10H,1-2,7-9H2,3-5H3/q+1. The van der Waals surface area contributed by atoms with Gasteiger partial charge in [-0.3, -0.25) is 4.79 Å². The number of ether oxygens (including phenoxy) is 1. The summed E-state index contributed by atoms with van der Waals surface area (Å²) < 4.78 is 5.62. The Balaban J connectivity index is 3.72. The molecular weight excluding hydrogens is 178 g/mol. The first-order chi connectivity index (χ1) is 6.38. The number of rotatable bonds is 6. The van der Waals surface area contributed by atoms with Crippen molar-refractivity contribution < 1.29 is 14.0 Å². The van der Waals surface area contributed by atoms with Crippen LogP contribution in [0.25, 0.3) is 0 Å². The third-order valence-electron chi connectivity index (χ3n) is 2.14. The SMILES string of the molecule is [CH2]C(CCC(=O)OCC=C)[N+](C)(C)C. The smallest absolute Gasteiger partial charge is 0.306 e. The molecule has 3 heteroatoms. The van der Waals surface area contributed by atoms with E-state index in [4.69, 9.17) is 4.74 Å². The van der Waals surface area contributed by atoms with Crippen molar-refractivity contribution in [3.05, 3.63) is 19.6 Å². The van der Waals surface area contributed by atoms with Crippen LogP contribution in [0, 0.1) is 6.92 Å². The molecule has 81 valence electrons. The molecule has 0 aliphatic rings. The minimum atomic E-state index is -0.174. The fourth-order valence-corrected chi connectivity index (χ4v) is 0.896. The average Bonchev–Trinajstić information content (AvgIpc) is 2.09. The predicted molar refractivity (Wildman–Crippen MR) is 57.6 cm³/mol. The lowest BCUT2D eigenvalue weighted by molar-refractivity contribution is -0.890. The predicted octanol–water partition coefficient (Wildman–Crippen LogP) is 1.40. The van der Waals surface area contributed by atoms with Crippen molar-refractivity contribution in [1.29, 1.82) is 0 Å². The number of esters is 1. The number of nitrogens with zero attached hydrogens (tertiary/aromatic N) is 1. The monoisotopic (exact) mass is 199 g/mol. The van der Waals surface area contributed by atoms with Gasteiger partial charge in [-0.2, -0.15) is 0 Å². The second-order valence-electron chi connectivity index (χ2n) is 4.28. The summed E-state index contributed by atoms with van der Waals surface area (Å²) in [5.41, 5.74) is 0. The van der Waals surface area contributed by atoms with Crippen LogP contribution in [0.4, 0.5) is 0 Å². The first-order valence-electron chi connectivity index (χ1n) is 4.78. The summed E-state index contributed by atoms with van der Waals surface area (Å²) >= 11 is 0. The average molecular weight is 199 g/mol. The molecule has 3 nitrogen and oxygen atoms in total. The molecule has 0 fully saturated rings. The van der Waals surface area contributed by atoms with Gasteiger partial charge in [0.2, 0.25) is 0 Å². The molecule has 0 rings (SSSR count). The van der Waals surface area contributed by atoms with Gasteiger partial charge in [-0.25, -0.2) is 0 Å². The van der Waals surface area contributed by atoms with Gasteiger partial charge in [0.25, 0.3) is 0 Å². The second-order valence-corrected chi connectivity index (χ2v) is 4.28. The van der Waals surface area contributed by atoms with Gasteiger partial charge in [0, 0.05) is 13.3 Å². The van der Waals surface area contributed by atoms with E-state index in [1.54, 1.807) is 6.08 Å². The molecule has 0 heterocycles. The summed E-state index contributed by atoms with van der Waals surface area (Å²) in [6, 6.07) is 0.214. The number of hydrogen-bond acceptors (Lipinski definition) is 2. The highest BCUT2D eigenvalue weighted by atomic mass is 16.5. The number of quaternary nitrogens is 1. The molecule has 0 amide bonds. The van der Waals surface area contributed by atoms with Gasteiger partial charge in [-0.05, 0) is 0 Å². The topological polar surface area (TPSA) is 26.3 Å². The van der Waals surface area contributed by atoms with Crippen LogP contribution in [0.3, 0.4) is 0 Å². The highest BCUT2D eigenvalue weighted by molar-refractivity contribution is 5.69. The van der Waals surface area contributed by atoms with Gasteiger partial charge in [-0.15, -0.1) is 0 Å². The van der Waals surface area contributed by atoms with Crippen molar-refractivity contribution in [1.82, 2.24) is 0 Å². The normalized spacial score (nSPS) is 13.4.